The molecule has 4 aromatic rings. The van der Waals surface area contributed by atoms with Crippen LogP contribution in [-0.2, 0) is 6.42 Å². The third kappa shape index (κ3) is 5.15. The molecule has 0 spiro atoms. The topological polar surface area (TPSA) is 42.7 Å². The molecule has 3 aromatic carbocycles. The van der Waals surface area contributed by atoms with Gasteiger partial charge >= 0.3 is 5.63 Å². The van der Waals surface area contributed by atoms with Gasteiger partial charge in [0.1, 0.15) is 17.9 Å². The Labute approximate surface area is 208 Å². The molecule has 0 aliphatic carbocycles. The van der Waals surface area contributed by atoms with E-state index < -0.39 is 5.63 Å². The summed E-state index contributed by atoms with van der Waals surface area (Å²) in [5.41, 5.74) is 3.36. The smallest absolute Gasteiger partial charge is 0.344 e. The van der Waals surface area contributed by atoms with Gasteiger partial charge in [0.2, 0.25) is 0 Å². The number of hydrogen-bond donors (Lipinski definition) is 0. The van der Waals surface area contributed by atoms with E-state index >= 15 is 0 Å². The lowest BCUT2D eigenvalue weighted by molar-refractivity contribution is 0.238. The molecule has 1 aromatic heterocycles. The molecular formula is C28H25Cl2NO3. The average molecular weight is 494 g/mol. The molecule has 0 unspecified atom stereocenters. The Bertz CT molecular complexity index is 1340. The lowest BCUT2D eigenvalue weighted by Crippen LogP contribution is -2.25. The van der Waals surface area contributed by atoms with Crippen molar-refractivity contribution in [3.8, 4) is 16.9 Å². The maximum absolute atomic E-state index is 13.1. The lowest BCUT2D eigenvalue weighted by Gasteiger charge is -2.15. The van der Waals surface area contributed by atoms with Crippen molar-refractivity contribution < 1.29 is 9.15 Å². The number of hydrogen-bond acceptors (Lipinski definition) is 4. The third-order valence-electron chi connectivity index (χ3n) is 6.29. The number of fused-ring (bicyclic) bond motifs is 1. The fraction of sp³-hybridized carbons (Fsp3) is 0.250. The highest BCUT2D eigenvalue weighted by Crippen LogP contribution is 2.32. The van der Waals surface area contributed by atoms with Gasteiger partial charge in [-0.25, -0.2) is 4.79 Å². The SMILES string of the molecule is O=c1oc2cc(Cl)ccc2c(Cc2ccc(OCCN3CCCC3)cc2)c1-c1ccc(Cl)cc1. The van der Waals surface area contributed by atoms with E-state index in [1.807, 2.05) is 48.5 Å². The normalized spacial score (nSPS) is 14.1. The molecule has 5 rings (SSSR count). The molecule has 0 saturated carbocycles. The lowest BCUT2D eigenvalue weighted by atomic mass is 9.93. The summed E-state index contributed by atoms with van der Waals surface area (Å²) in [6.07, 6.45) is 3.13. The zero-order valence-electron chi connectivity index (χ0n) is 18.7. The fourth-order valence-corrected chi connectivity index (χ4v) is 4.83. The zero-order valence-corrected chi connectivity index (χ0v) is 20.2. The second kappa shape index (κ2) is 10.2. The molecule has 0 N–H and O–H groups in total. The minimum Gasteiger partial charge on any atom is -0.492 e. The molecule has 1 saturated heterocycles. The number of ether oxygens (including phenoxy) is 1. The zero-order chi connectivity index (χ0) is 23.5. The van der Waals surface area contributed by atoms with E-state index in [0.29, 0.717) is 34.2 Å². The summed E-state index contributed by atoms with van der Waals surface area (Å²) >= 11 is 12.2. The van der Waals surface area contributed by atoms with Crippen LogP contribution in [0.1, 0.15) is 24.0 Å². The maximum atomic E-state index is 13.1. The Balaban J connectivity index is 1.44. The van der Waals surface area contributed by atoms with Crippen molar-refractivity contribution in [1.82, 2.24) is 4.90 Å². The van der Waals surface area contributed by atoms with E-state index in [4.69, 9.17) is 32.4 Å². The van der Waals surface area contributed by atoms with Crippen LogP contribution in [-0.4, -0.2) is 31.1 Å². The van der Waals surface area contributed by atoms with E-state index in [9.17, 15) is 4.79 Å². The van der Waals surface area contributed by atoms with Gasteiger partial charge in [-0.2, -0.15) is 0 Å². The monoisotopic (exact) mass is 493 g/mol. The van der Waals surface area contributed by atoms with Crippen molar-refractivity contribution in [2.24, 2.45) is 0 Å². The second-order valence-corrected chi connectivity index (χ2v) is 9.48. The molecule has 1 aliphatic heterocycles. The Morgan fingerprint density at radius 1 is 0.882 bits per heavy atom. The van der Waals surface area contributed by atoms with Gasteiger partial charge < -0.3 is 9.15 Å². The van der Waals surface area contributed by atoms with Gasteiger partial charge in [0.05, 0.1) is 5.56 Å². The van der Waals surface area contributed by atoms with Gasteiger partial charge in [-0.3, -0.25) is 4.90 Å². The van der Waals surface area contributed by atoms with Crippen molar-refractivity contribution in [3.05, 3.63) is 98.3 Å². The molecule has 0 atom stereocenters. The van der Waals surface area contributed by atoms with E-state index in [0.717, 1.165) is 34.4 Å². The first-order chi connectivity index (χ1) is 16.6. The summed E-state index contributed by atoms with van der Waals surface area (Å²) in [4.78, 5) is 15.5. The van der Waals surface area contributed by atoms with Crippen molar-refractivity contribution in [2.45, 2.75) is 19.3 Å². The van der Waals surface area contributed by atoms with Crippen LogP contribution in [0, 0.1) is 0 Å². The van der Waals surface area contributed by atoms with E-state index in [1.54, 1.807) is 18.2 Å². The molecule has 4 nitrogen and oxygen atoms in total. The van der Waals surface area contributed by atoms with Gasteiger partial charge in [0, 0.05) is 28.0 Å². The molecule has 0 radical (unpaired) electrons. The summed E-state index contributed by atoms with van der Waals surface area (Å²) in [7, 11) is 0. The summed E-state index contributed by atoms with van der Waals surface area (Å²) < 4.78 is 11.6. The first-order valence-electron chi connectivity index (χ1n) is 11.5. The van der Waals surface area contributed by atoms with Crippen LogP contribution in [0.2, 0.25) is 10.0 Å². The number of rotatable bonds is 7. The molecule has 1 fully saturated rings. The average Bonchev–Trinajstić information content (AvgIpc) is 3.34. The van der Waals surface area contributed by atoms with Crippen LogP contribution >= 0.6 is 23.2 Å². The first kappa shape index (κ1) is 23.0. The van der Waals surface area contributed by atoms with Crippen LogP contribution in [0.4, 0.5) is 0 Å². The standard InChI is InChI=1S/C28H25Cl2NO3/c29-21-7-5-20(6-8-21)27-25(24-12-9-22(30)18-26(24)34-28(27)32)17-19-3-10-23(11-4-19)33-16-15-31-13-1-2-14-31/h3-12,18H,1-2,13-17H2. The molecular weight excluding hydrogens is 469 g/mol. The molecule has 0 amide bonds. The van der Waals surface area contributed by atoms with Crippen LogP contribution in [0.15, 0.2) is 75.9 Å². The minimum atomic E-state index is -0.394. The fourth-order valence-electron chi connectivity index (χ4n) is 4.54. The number of nitrogens with zero attached hydrogens (tertiary/aromatic N) is 1. The predicted octanol–water partition coefficient (Wildman–Crippen LogP) is 6.83. The Morgan fingerprint density at radius 3 is 2.32 bits per heavy atom. The Hall–Kier alpha value is -2.79. The minimum absolute atomic E-state index is 0.394. The number of benzene rings is 3. The van der Waals surface area contributed by atoms with Crippen molar-refractivity contribution in [1.29, 1.82) is 0 Å². The number of likely N-dealkylation sites (tertiary alicyclic amines) is 1. The molecule has 1 aliphatic rings. The van der Waals surface area contributed by atoms with Crippen molar-refractivity contribution >= 4 is 34.2 Å². The number of halogens is 2. The molecule has 174 valence electrons. The van der Waals surface area contributed by atoms with Crippen LogP contribution in [0.25, 0.3) is 22.1 Å². The summed E-state index contributed by atoms with van der Waals surface area (Å²) in [5.74, 6) is 0.852. The molecule has 34 heavy (non-hydrogen) atoms. The van der Waals surface area contributed by atoms with Crippen LogP contribution < -0.4 is 10.4 Å². The highest BCUT2D eigenvalue weighted by Gasteiger charge is 2.17. The van der Waals surface area contributed by atoms with Crippen molar-refractivity contribution in [3.63, 3.8) is 0 Å². The second-order valence-electron chi connectivity index (χ2n) is 8.61. The maximum Gasteiger partial charge on any atom is 0.344 e. The first-order valence-corrected chi connectivity index (χ1v) is 12.3. The quantitative estimate of drug-likeness (QED) is 0.264. The highest BCUT2D eigenvalue weighted by molar-refractivity contribution is 6.31. The van der Waals surface area contributed by atoms with Gasteiger partial charge in [-0.15, -0.1) is 0 Å². The largest absolute Gasteiger partial charge is 0.492 e. The van der Waals surface area contributed by atoms with Gasteiger partial charge in [-0.05, 0) is 85.4 Å². The predicted molar refractivity (Wildman–Crippen MR) is 138 cm³/mol. The summed E-state index contributed by atoms with van der Waals surface area (Å²) in [5, 5.41) is 2.00. The third-order valence-corrected chi connectivity index (χ3v) is 6.78. The highest BCUT2D eigenvalue weighted by atomic mass is 35.5. The van der Waals surface area contributed by atoms with Crippen molar-refractivity contribution in [2.75, 3.05) is 26.2 Å². The van der Waals surface area contributed by atoms with E-state index in [2.05, 4.69) is 4.90 Å². The Morgan fingerprint density at radius 2 is 1.59 bits per heavy atom. The van der Waals surface area contributed by atoms with Crippen LogP contribution in [0.5, 0.6) is 5.75 Å². The van der Waals surface area contributed by atoms with Gasteiger partial charge in [-0.1, -0.05) is 47.5 Å². The van der Waals surface area contributed by atoms with Gasteiger partial charge in [0.15, 0.2) is 0 Å². The van der Waals surface area contributed by atoms with E-state index in [1.165, 1.54) is 25.9 Å². The summed E-state index contributed by atoms with van der Waals surface area (Å²) in [6, 6.07) is 20.7. The van der Waals surface area contributed by atoms with Crippen LogP contribution in [0.3, 0.4) is 0 Å². The summed E-state index contributed by atoms with van der Waals surface area (Å²) in [6.45, 7) is 3.98. The Kier molecular flexibility index (Phi) is 6.91. The molecule has 0 bridgehead atoms. The molecule has 6 heteroatoms. The molecule has 2 heterocycles. The van der Waals surface area contributed by atoms with E-state index in [-0.39, 0.29) is 0 Å². The van der Waals surface area contributed by atoms with Gasteiger partial charge in [0.25, 0.3) is 0 Å².